The first-order chi connectivity index (χ1) is 13.4. The van der Waals surface area contributed by atoms with E-state index in [0.717, 1.165) is 12.1 Å². The third-order valence-corrected chi connectivity index (χ3v) is 3.81. The molecule has 0 unspecified atom stereocenters. The van der Waals surface area contributed by atoms with Gasteiger partial charge in [0.15, 0.2) is 0 Å². The molecule has 8 heteroatoms. The van der Waals surface area contributed by atoms with E-state index in [0.29, 0.717) is 11.3 Å². The van der Waals surface area contributed by atoms with Crippen LogP contribution < -0.4 is 10.2 Å². The summed E-state index contributed by atoms with van der Waals surface area (Å²) in [4.78, 5) is 12.1. The summed E-state index contributed by atoms with van der Waals surface area (Å²) in [5.74, 6) is 0.453. The first kappa shape index (κ1) is 19.2. The fraction of sp³-hybridized carbons (Fsp3) is 0.100. The summed E-state index contributed by atoms with van der Waals surface area (Å²) in [7, 11) is 1.45. The molecule has 5 nitrogen and oxygen atoms in total. The van der Waals surface area contributed by atoms with Crippen LogP contribution in [0.4, 0.5) is 13.2 Å². The van der Waals surface area contributed by atoms with Crippen molar-refractivity contribution in [2.75, 3.05) is 7.11 Å². The van der Waals surface area contributed by atoms with Crippen LogP contribution in [0.3, 0.4) is 0 Å². The average Bonchev–Trinajstić information content (AvgIpc) is 3.16. The number of halogens is 3. The van der Waals surface area contributed by atoms with Crippen LogP contribution in [-0.2, 0) is 6.18 Å². The van der Waals surface area contributed by atoms with Gasteiger partial charge in [-0.1, -0.05) is 24.3 Å². The molecule has 0 atom stereocenters. The van der Waals surface area contributed by atoms with Gasteiger partial charge >= 0.3 is 6.18 Å². The van der Waals surface area contributed by atoms with Crippen molar-refractivity contribution in [1.29, 1.82) is 0 Å². The third kappa shape index (κ3) is 4.40. The molecular formula is C20H15F3N2O3. The van der Waals surface area contributed by atoms with Crippen LogP contribution >= 0.6 is 0 Å². The van der Waals surface area contributed by atoms with Gasteiger partial charge in [0.05, 0.1) is 24.5 Å². The van der Waals surface area contributed by atoms with Crippen LogP contribution in [0.25, 0.3) is 11.3 Å². The van der Waals surface area contributed by atoms with E-state index in [-0.39, 0.29) is 17.1 Å². The van der Waals surface area contributed by atoms with Gasteiger partial charge < -0.3 is 9.15 Å². The molecule has 1 amide bonds. The van der Waals surface area contributed by atoms with E-state index >= 15 is 0 Å². The van der Waals surface area contributed by atoms with Gasteiger partial charge in [-0.15, -0.1) is 0 Å². The number of ether oxygens (including phenoxy) is 1. The summed E-state index contributed by atoms with van der Waals surface area (Å²) in [6.07, 6.45) is -3.18. The van der Waals surface area contributed by atoms with Crippen molar-refractivity contribution in [3.8, 4) is 17.1 Å². The molecule has 0 spiro atoms. The van der Waals surface area contributed by atoms with E-state index < -0.39 is 17.6 Å². The lowest BCUT2D eigenvalue weighted by molar-refractivity contribution is -0.137. The van der Waals surface area contributed by atoms with Crippen molar-refractivity contribution in [3.63, 3.8) is 0 Å². The number of nitrogens with one attached hydrogen (secondary N) is 1. The molecule has 1 aromatic heterocycles. The Kier molecular flexibility index (Phi) is 5.49. The second-order valence-corrected chi connectivity index (χ2v) is 5.68. The Morgan fingerprint density at radius 1 is 1.11 bits per heavy atom. The summed E-state index contributed by atoms with van der Waals surface area (Å²) in [5, 5.41) is 3.80. The maximum absolute atomic E-state index is 12.8. The van der Waals surface area contributed by atoms with Crippen LogP contribution in [0.2, 0.25) is 0 Å². The Hall–Kier alpha value is -3.55. The Balaban J connectivity index is 1.70. The minimum Gasteiger partial charge on any atom is -0.496 e. The number of para-hydroxylation sites is 1. The van der Waals surface area contributed by atoms with Gasteiger partial charge in [0.1, 0.15) is 17.3 Å². The third-order valence-electron chi connectivity index (χ3n) is 3.81. The summed E-state index contributed by atoms with van der Waals surface area (Å²) in [5.41, 5.74) is 2.17. The first-order valence-corrected chi connectivity index (χ1v) is 8.12. The topological polar surface area (TPSA) is 63.8 Å². The van der Waals surface area contributed by atoms with E-state index in [1.54, 1.807) is 24.3 Å². The number of nitrogens with zero attached hydrogens (tertiary/aromatic N) is 1. The highest BCUT2D eigenvalue weighted by Crippen LogP contribution is 2.32. The maximum Gasteiger partial charge on any atom is 0.416 e. The van der Waals surface area contributed by atoms with Crippen LogP contribution in [0.15, 0.2) is 70.2 Å². The molecule has 0 aliphatic rings. The Morgan fingerprint density at radius 3 is 2.64 bits per heavy atom. The molecule has 0 saturated heterocycles. The average molecular weight is 388 g/mol. The summed E-state index contributed by atoms with van der Waals surface area (Å²) in [6.45, 7) is 0. The first-order valence-electron chi connectivity index (χ1n) is 8.12. The number of furan rings is 1. The molecule has 0 aliphatic carbocycles. The van der Waals surface area contributed by atoms with E-state index in [9.17, 15) is 18.0 Å². The fourth-order valence-electron chi connectivity index (χ4n) is 2.47. The van der Waals surface area contributed by atoms with E-state index in [2.05, 4.69) is 10.5 Å². The highest BCUT2D eigenvalue weighted by Gasteiger charge is 2.30. The van der Waals surface area contributed by atoms with Crippen molar-refractivity contribution >= 4 is 12.1 Å². The van der Waals surface area contributed by atoms with Gasteiger partial charge in [0, 0.05) is 5.56 Å². The zero-order valence-electron chi connectivity index (χ0n) is 14.7. The van der Waals surface area contributed by atoms with Gasteiger partial charge in [-0.05, 0) is 36.4 Å². The molecule has 0 saturated carbocycles. The van der Waals surface area contributed by atoms with Gasteiger partial charge in [0.25, 0.3) is 5.91 Å². The maximum atomic E-state index is 12.8. The number of methoxy groups -OCH3 is 1. The van der Waals surface area contributed by atoms with Crippen molar-refractivity contribution < 1.29 is 27.1 Å². The molecule has 144 valence electrons. The Morgan fingerprint density at radius 2 is 1.89 bits per heavy atom. The molecule has 0 fully saturated rings. The summed E-state index contributed by atoms with van der Waals surface area (Å²) in [6, 6.07) is 14.5. The molecular weight excluding hydrogens is 373 g/mol. The molecule has 2 aromatic carbocycles. The highest BCUT2D eigenvalue weighted by atomic mass is 19.4. The predicted molar refractivity (Wildman–Crippen MR) is 97.2 cm³/mol. The Labute approximate surface area is 158 Å². The summed E-state index contributed by atoms with van der Waals surface area (Å²) < 4.78 is 49.1. The number of hydrogen-bond donors (Lipinski definition) is 1. The normalized spacial score (nSPS) is 11.6. The lowest BCUT2D eigenvalue weighted by Gasteiger charge is -2.07. The van der Waals surface area contributed by atoms with E-state index in [1.165, 1.54) is 37.6 Å². The molecule has 3 aromatic rings. The van der Waals surface area contributed by atoms with Crippen molar-refractivity contribution in [1.82, 2.24) is 5.43 Å². The zero-order valence-corrected chi connectivity index (χ0v) is 14.7. The number of amides is 1. The number of benzene rings is 2. The monoisotopic (exact) mass is 388 g/mol. The lowest BCUT2D eigenvalue weighted by atomic mass is 10.1. The van der Waals surface area contributed by atoms with Crippen LogP contribution in [0.5, 0.6) is 5.75 Å². The number of rotatable bonds is 5. The number of carbonyl (C=O) groups is 1. The molecule has 0 bridgehead atoms. The van der Waals surface area contributed by atoms with Gasteiger partial charge in [-0.3, -0.25) is 4.79 Å². The van der Waals surface area contributed by atoms with Gasteiger partial charge in [-0.2, -0.15) is 18.3 Å². The minimum atomic E-state index is -4.43. The van der Waals surface area contributed by atoms with Crippen molar-refractivity contribution in [2.24, 2.45) is 5.10 Å². The predicted octanol–water partition coefficient (Wildman–Crippen LogP) is 4.74. The molecule has 1 N–H and O–H groups in total. The molecule has 0 radical (unpaired) electrons. The van der Waals surface area contributed by atoms with E-state index in [1.807, 2.05) is 0 Å². The second-order valence-electron chi connectivity index (χ2n) is 5.68. The number of hydrogen-bond acceptors (Lipinski definition) is 4. The lowest BCUT2D eigenvalue weighted by Crippen LogP contribution is -2.18. The summed E-state index contributed by atoms with van der Waals surface area (Å²) >= 11 is 0. The molecule has 1 heterocycles. The van der Waals surface area contributed by atoms with Gasteiger partial charge in [0.2, 0.25) is 0 Å². The SMILES string of the molecule is COc1ccccc1C(=O)N/N=C\c1ccc(-c2cccc(C(F)(F)F)c2)o1. The Bertz CT molecular complexity index is 1010. The standard InChI is InChI=1S/C20H15F3N2O3/c1-27-18-8-3-2-7-16(18)19(26)25-24-12-15-9-10-17(28-15)13-5-4-6-14(11-13)20(21,22)23/h2-12H,1H3,(H,25,26)/b24-12-. The van der Waals surface area contributed by atoms with E-state index in [4.69, 9.17) is 9.15 Å². The van der Waals surface area contributed by atoms with Crippen LogP contribution in [-0.4, -0.2) is 19.2 Å². The smallest absolute Gasteiger partial charge is 0.416 e. The second kappa shape index (κ2) is 7.99. The highest BCUT2D eigenvalue weighted by molar-refractivity contribution is 5.97. The largest absolute Gasteiger partial charge is 0.496 e. The van der Waals surface area contributed by atoms with Gasteiger partial charge in [-0.25, -0.2) is 5.43 Å². The van der Waals surface area contributed by atoms with Crippen molar-refractivity contribution in [3.05, 3.63) is 77.6 Å². The minimum absolute atomic E-state index is 0.253. The van der Waals surface area contributed by atoms with Crippen LogP contribution in [0.1, 0.15) is 21.7 Å². The number of carbonyl (C=O) groups excluding carboxylic acids is 1. The quantitative estimate of drug-likeness (QED) is 0.507. The van der Waals surface area contributed by atoms with Crippen LogP contribution in [0, 0.1) is 0 Å². The number of alkyl halides is 3. The molecule has 28 heavy (non-hydrogen) atoms. The molecule has 3 rings (SSSR count). The molecule has 0 aliphatic heterocycles. The fourth-order valence-corrected chi connectivity index (χ4v) is 2.47. The number of hydrazone groups is 1. The van der Waals surface area contributed by atoms with Crippen molar-refractivity contribution in [2.45, 2.75) is 6.18 Å². The zero-order chi connectivity index (χ0) is 20.1.